The Morgan fingerprint density at radius 2 is 1.91 bits per heavy atom. The summed E-state index contributed by atoms with van der Waals surface area (Å²) in [5.41, 5.74) is 0. The number of halogens is 2. The Balaban J connectivity index is 2.12. The third kappa shape index (κ3) is 4.24. The maximum atomic E-state index is 14.4. The van der Waals surface area contributed by atoms with Gasteiger partial charge in [-0.1, -0.05) is 19.8 Å². The van der Waals surface area contributed by atoms with E-state index in [0.29, 0.717) is 39.1 Å². The molecule has 0 amide bonds. The molecule has 0 radical (unpaired) electrons. The normalized spacial score (nSPS) is 28.9. The molecule has 1 aliphatic carbocycles. The Morgan fingerprint density at radius 3 is 2.59 bits per heavy atom. The zero-order valence-corrected chi connectivity index (χ0v) is 13.2. The first-order valence-corrected chi connectivity index (χ1v) is 8.33. The molecule has 128 valence electrons. The number of carbonyl (C=O) groups is 1. The minimum Gasteiger partial charge on any atom is -0.327 e. The quantitative estimate of drug-likeness (QED) is 0.775. The number of Topliss-reactive ketones (excluding diaryl/α,β-unsaturated/α-hetero) is 1. The molecule has 0 N–H and O–H groups in total. The van der Waals surface area contributed by atoms with Crippen molar-refractivity contribution < 1.29 is 27.8 Å². The van der Waals surface area contributed by atoms with Crippen LogP contribution >= 0.6 is 0 Å². The smallest absolute Gasteiger partial charge is 0.308 e. The molecule has 2 aliphatic rings. The highest BCUT2D eigenvalue weighted by atomic mass is 19.3. The summed E-state index contributed by atoms with van der Waals surface area (Å²) in [5.74, 6) is -6.79. The van der Waals surface area contributed by atoms with Gasteiger partial charge in [0.2, 0.25) is 5.78 Å². The summed E-state index contributed by atoms with van der Waals surface area (Å²) < 4.78 is 45.7. The Labute approximate surface area is 130 Å². The van der Waals surface area contributed by atoms with E-state index in [1.54, 1.807) is 0 Å². The van der Waals surface area contributed by atoms with Gasteiger partial charge < -0.3 is 14.2 Å². The summed E-state index contributed by atoms with van der Waals surface area (Å²) in [6, 6.07) is 0. The van der Waals surface area contributed by atoms with Crippen molar-refractivity contribution in [2.75, 3.05) is 19.8 Å². The van der Waals surface area contributed by atoms with E-state index in [0.717, 1.165) is 19.3 Å². The van der Waals surface area contributed by atoms with Crippen molar-refractivity contribution in [3.63, 3.8) is 0 Å². The summed E-state index contributed by atoms with van der Waals surface area (Å²) in [4.78, 5) is 11.8. The van der Waals surface area contributed by atoms with Crippen molar-refractivity contribution >= 4 is 5.78 Å². The Morgan fingerprint density at radius 1 is 1.18 bits per heavy atom. The van der Waals surface area contributed by atoms with Crippen LogP contribution in [-0.2, 0) is 19.0 Å². The second-order valence-corrected chi connectivity index (χ2v) is 6.13. The van der Waals surface area contributed by atoms with E-state index in [2.05, 4.69) is 0 Å². The van der Waals surface area contributed by atoms with E-state index in [1.165, 1.54) is 0 Å². The van der Waals surface area contributed by atoms with Gasteiger partial charge in [0.25, 0.3) is 5.97 Å². The molecule has 6 heteroatoms. The van der Waals surface area contributed by atoms with Crippen LogP contribution in [0.25, 0.3) is 0 Å². The average Bonchev–Trinajstić information content (AvgIpc) is 2.51. The monoisotopic (exact) mass is 320 g/mol. The molecule has 4 nitrogen and oxygen atoms in total. The van der Waals surface area contributed by atoms with Crippen molar-refractivity contribution in [1.82, 2.24) is 0 Å². The van der Waals surface area contributed by atoms with E-state index >= 15 is 0 Å². The van der Waals surface area contributed by atoms with Gasteiger partial charge in [-0.2, -0.15) is 8.78 Å². The lowest BCUT2D eigenvalue weighted by molar-refractivity contribution is -0.408. The van der Waals surface area contributed by atoms with Crippen LogP contribution in [0.15, 0.2) is 0 Å². The van der Waals surface area contributed by atoms with Gasteiger partial charge in [0, 0.05) is 18.8 Å². The molecule has 1 atom stereocenters. The van der Waals surface area contributed by atoms with Gasteiger partial charge in [-0.25, -0.2) is 0 Å². The van der Waals surface area contributed by atoms with Crippen LogP contribution in [0.2, 0.25) is 0 Å². The van der Waals surface area contributed by atoms with Gasteiger partial charge in [0.15, 0.2) is 0 Å². The fourth-order valence-electron chi connectivity index (χ4n) is 3.03. The second-order valence-electron chi connectivity index (χ2n) is 6.13. The molecule has 0 spiro atoms. The van der Waals surface area contributed by atoms with Crippen LogP contribution in [0.1, 0.15) is 58.3 Å². The van der Waals surface area contributed by atoms with Gasteiger partial charge in [-0.15, -0.1) is 0 Å². The predicted molar refractivity (Wildman–Crippen MR) is 76.6 cm³/mol. The highest BCUT2D eigenvalue weighted by Gasteiger charge is 2.51. The summed E-state index contributed by atoms with van der Waals surface area (Å²) in [5, 5.41) is 0. The van der Waals surface area contributed by atoms with Gasteiger partial charge in [-0.05, 0) is 25.7 Å². The highest BCUT2D eigenvalue weighted by Crippen LogP contribution is 2.41. The van der Waals surface area contributed by atoms with E-state index in [9.17, 15) is 13.6 Å². The molecule has 1 saturated carbocycles. The van der Waals surface area contributed by atoms with Crippen molar-refractivity contribution in [3.8, 4) is 0 Å². The molecule has 0 bridgehead atoms. The van der Waals surface area contributed by atoms with Crippen LogP contribution in [0.4, 0.5) is 8.78 Å². The summed E-state index contributed by atoms with van der Waals surface area (Å²) in [6.07, 6.45) is 3.67. The molecular weight excluding hydrogens is 294 g/mol. The summed E-state index contributed by atoms with van der Waals surface area (Å²) in [6.45, 7) is 3.17. The average molecular weight is 320 g/mol. The van der Waals surface area contributed by atoms with Gasteiger partial charge in [0.05, 0.1) is 19.8 Å². The third-order valence-electron chi connectivity index (χ3n) is 4.30. The molecule has 2 rings (SSSR count). The predicted octanol–water partition coefficient (Wildman–Crippen LogP) is 3.68. The zero-order valence-electron chi connectivity index (χ0n) is 13.2. The second kappa shape index (κ2) is 7.79. The maximum absolute atomic E-state index is 14.4. The molecule has 1 aliphatic heterocycles. The third-order valence-corrected chi connectivity index (χ3v) is 4.30. The molecule has 0 aromatic heterocycles. The first kappa shape index (κ1) is 17.8. The minimum atomic E-state index is -3.33. The molecule has 0 aromatic carbocycles. The number of ether oxygens (including phenoxy) is 3. The standard InChI is InChI=1S/C16H26F2O4/c1-2-9-20-15(21-10-6-11-22-15)12-13-7-4-3-5-8-14(19)16(13,17)18/h13H,2-12H2,1H3. The number of hydrogen-bond donors (Lipinski definition) is 0. The highest BCUT2D eigenvalue weighted by molar-refractivity contribution is 5.86. The number of rotatable bonds is 5. The van der Waals surface area contributed by atoms with E-state index < -0.39 is 23.6 Å². The largest absolute Gasteiger partial charge is 0.327 e. The molecular formula is C16H26F2O4. The lowest BCUT2D eigenvalue weighted by Gasteiger charge is -2.40. The molecule has 22 heavy (non-hydrogen) atoms. The molecule has 2 fully saturated rings. The molecule has 0 aromatic rings. The van der Waals surface area contributed by atoms with Gasteiger partial charge >= 0.3 is 5.92 Å². The summed E-state index contributed by atoms with van der Waals surface area (Å²) >= 11 is 0. The zero-order chi connectivity index (χ0) is 16.1. The van der Waals surface area contributed by atoms with Crippen molar-refractivity contribution in [1.29, 1.82) is 0 Å². The van der Waals surface area contributed by atoms with E-state index in [4.69, 9.17) is 14.2 Å². The lowest BCUT2D eigenvalue weighted by Crippen LogP contribution is -2.49. The number of carbonyl (C=O) groups excluding carboxylic acids is 1. The number of hydrogen-bond acceptors (Lipinski definition) is 4. The topological polar surface area (TPSA) is 44.8 Å². The fourth-order valence-corrected chi connectivity index (χ4v) is 3.03. The number of ketones is 1. The van der Waals surface area contributed by atoms with Crippen LogP contribution in [0, 0.1) is 5.92 Å². The maximum Gasteiger partial charge on any atom is 0.308 e. The van der Waals surface area contributed by atoms with E-state index in [1.807, 2.05) is 6.92 Å². The Kier molecular flexibility index (Phi) is 6.29. The SMILES string of the molecule is CCCOC1(CC2CCCCCC(=O)C2(F)F)OCCCO1. The van der Waals surface area contributed by atoms with Crippen LogP contribution in [-0.4, -0.2) is 37.5 Å². The lowest BCUT2D eigenvalue weighted by atomic mass is 9.84. The van der Waals surface area contributed by atoms with Crippen molar-refractivity contribution in [2.24, 2.45) is 5.92 Å². The van der Waals surface area contributed by atoms with E-state index in [-0.39, 0.29) is 12.8 Å². The van der Waals surface area contributed by atoms with Crippen LogP contribution in [0.3, 0.4) is 0 Å². The number of alkyl halides is 2. The first-order valence-electron chi connectivity index (χ1n) is 8.33. The van der Waals surface area contributed by atoms with Gasteiger partial charge in [0.1, 0.15) is 0 Å². The van der Waals surface area contributed by atoms with Crippen LogP contribution < -0.4 is 0 Å². The Hall–Kier alpha value is -0.590. The molecule has 1 unspecified atom stereocenters. The first-order chi connectivity index (χ1) is 10.5. The van der Waals surface area contributed by atoms with Crippen molar-refractivity contribution in [2.45, 2.75) is 70.2 Å². The van der Waals surface area contributed by atoms with Crippen LogP contribution in [0.5, 0.6) is 0 Å². The Bertz CT molecular complexity index is 367. The minimum absolute atomic E-state index is 0.0476. The van der Waals surface area contributed by atoms with Crippen molar-refractivity contribution in [3.05, 3.63) is 0 Å². The molecule has 1 saturated heterocycles. The molecule has 1 heterocycles. The van der Waals surface area contributed by atoms with Gasteiger partial charge in [-0.3, -0.25) is 4.79 Å². The fraction of sp³-hybridized carbons (Fsp3) is 0.938. The summed E-state index contributed by atoms with van der Waals surface area (Å²) in [7, 11) is 0.